The van der Waals surface area contributed by atoms with Gasteiger partial charge in [0, 0.05) is 29.7 Å². The summed E-state index contributed by atoms with van der Waals surface area (Å²) >= 11 is 6.10. The van der Waals surface area contributed by atoms with Gasteiger partial charge < -0.3 is 4.90 Å². The third kappa shape index (κ3) is 5.66. The van der Waals surface area contributed by atoms with Gasteiger partial charge in [0.05, 0.1) is 10.9 Å². The number of piperidine rings is 1. The van der Waals surface area contributed by atoms with Crippen LogP contribution in [0.15, 0.2) is 71.5 Å². The molecular weight excluding hydrogens is 478 g/mol. The number of fused-ring (bicyclic) bond motifs is 1. The van der Waals surface area contributed by atoms with Gasteiger partial charge >= 0.3 is 0 Å². The Morgan fingerprint density at radius 2 is 1.68 bits per heavy atom. The highest BCUT2D eigenvalue weighted by Gasteiger charge is 2.24. The maximum Gasteiger partial charge on any atom is 0.261 e. The van der Waals surface area contributed by atoms with Crippen molar-refractivity contribution in [3.63, 3.8) is 0 Å². The number of aromatic nitrogens is 2. The number of rotatable bonds is 7. The molecule has 1 aromatic heterocycles. The number of halogens is 1. The molecule has 1 fully saturated rings. The van der Waals surface area contributed by atoms with E-state index in [0.29, 0.717) is 28.9 Å². The van der Waals surface area contributed by atoms with Crippen molar-refractivity contribution < 1.29 is 0 Å². The van der Waals surface area contributed by atoms with Crippen LogP contribution >= 0.6 is 11.6 Å². The Morgan fingerprint density at radius 3 is 2.38 bits per heavy atom. The van der Waals surface area contributed by atoms with E-state index in [-0.39, 0.29) is 5.56 Å². The van der Waals surface area contributed by atoms with Gasteiger partial charge in [0.25, 0.3) is 5.56 Å². The van der Waals surface area contributed by atoms with Crippen molar-refractivity contribution in [3.8, 4) is 22.5 Å². The molecule has 37 heavy (non-hydrogen) atoms. The first kappa shape index (κ1) is 25.7. The lowest BCUT2D eigenvalue weighted by atomic mass is 9.96. The average Bonchev–Trinajstić information content (AvgIpc) is 2.91. The summed E-state index contributed by atoms with van der Waals surface area (Å²) in [5.74, 6) is 1.19. The lowest BCUT2D eigenvalue weighted by Gasteiger charge is -2.35. The third-order valence-corrected chi connectivity index (χ3v) is 7.86. The molecule has 0 N–H and O–H groups in total. The summed E-state index contributed by atoms with van der Waals surface area (Å²) in [6.07, 6.45) is 4.47. The van der Waals surface area contributed by atoms with Crippen molar-refractivity contribution in [1.29, 1.82) is 0 Å². The Hall–Kier alpha value is -2.95. The molecule has 192 valence electrons. The van der Waals surface area contributed by atoms with E-state index in [1.165, 1.54) is 12.0 Å². The molecule has 2 heterocycles. The normalized spacial score (nSPS) is 16.5. The maximum absolute atomic E-state index is 14.1. The molecule has 0 unspecified atom stereocenters. The van der Waals surface area contributed by atoms with Crippen molar-refractivity contribution in [1.82, 2.24) is 14.5 Å². The van der Waals surface area contributed by atoms with Crippen molar-refractivity contribution in [2.75, 3.05) is 13.1 Å². The SMILES string of the molecule is CCCc1ccc(-c2nc3ccc(-c4ccc(Cl)cc4)cc3c(=O)n2C[C@H]2CCCN(C(C)C)C2)cc1. The van der Waals surface area contributed by atoms with Crippen molar-refractivity contribution in [3.05, 3.63) is 87.7 Å². The third-order valence-electron chi connectivity index (χ3n) is 7.60. The van der Waals surface area contributed by atoms with Crippen LogP contribution in [0.4, 0.5) is 0 Å². The molecule has 0 spiro atoms. The highest BCUT2D eigenvalue weighted by molar-refractivity contribution is 6.30. The van der Waals surface area contributed by atoms with Gasteiger partial charge in [-0.2, -0.15) is 0 Å². The zero-order valence-corrected chi connectivity index (χ0v) is 22.8. The molecule has 5 rings (SSSR count). The highest BCUT2D eigenvalue weighted by Crippen LogP contribution is 2.27. The van der Waals surface area contributed by atoms with E-state index in [2.05, 4.69) is 49.9 Å². The highest BCUT2D eigenvalue weighted by atomic mass is 35.5. The Labute approximate surface area is 224 Å². The fraction of sp³-hybridized carbons (Fsp3) is 0.375. The smallest absolute Gasteiger partial charge is 0.261 e. The van der Waals surface area contributed by atoms with Gasteiger partial charge in [0.1, 0.15) is 5.82 Å². The first-order chi connectivity index (χ1) is 17.9. The van der Waals surface area contributed by atoms with Gasteiger partial charge in [-0.15, -0.1) is 0 Å². The van der Waals surface area contributed by atoms with E-state index >= 15 is 0 Å². The minimum Gasteiger partial charge on any atom is -0.301 e. The van der Waals surface area contributed by atoms with Gasteiger partial charge in [0.2, 0.25) is 0 Å². The molecule has 4 aromatic rings. The monoisotopic (exact) mass is 513 g/mol. The van der Waals surface area contributed by atoms with E-state index in [9.17, 15) is 4.79 Å². The predicted molar refractivity (Wildman–Crippen MR) is 155 cm³/mol. The number of hydrogen-bond donors (Lipinski definition) is 0. The molecule has 4 nitrogen and oxygen atoms in total. The van der Waals surface area contributed by atoms with Crippen LogP contribution in [-0.4, -0.2) is 33.6 Å². The largest absolute Gasteiger partial charge is 0.301 e. The zero-order valence-electron chi connectivity index (χ0n) is 22.1. The second-order valence-corrected chi connectivity index (χ2v) is 11.1. The summed E-state index contributed by atoms with van der Waals surface area (Å²) in [6, 6.07) is 22.8. The van der Waals surface area contributed by atoms with Crippen molar-refractivity contribution in [2.24, 2.45) is 5.92 Å². The number of hydrogen-bond acceptors (Lipinski definition) is 3. The molecular formula is C32H36ClN3O. The summed E-state index contributed by atoms with van der Waals surface area (Å²) in [5.41, 5.74) is 5.11. The number of nitrogens with zero attached hydrogens (tertiary/aromatic N) is 3. The Morgan fingerprint density at radius 1 is 0.973 bits per heavy atom. The molecule has 5 heteroatoms. The molecule has 0 saturated carbocycles. The average molecular weight is 514 g/mol. The first-order valence-corrected chi connectivity index (χ1v) is 13.9. The summed E-state index contributed by atoms with van der Waals surface area (Å²) in [5, 5.41) is 1.36. The predicted octanol–water partition coefficient (Wildman–Crippen LogP) is 7.46. The van der Waals surface area contributed by atoms with Crippen molar-refractivity contribution in [2.45, 2.75) is 59.0 Å². The summed E-state index contributed by atoms with van der Waals surface area (Å²) < 4.78 is 1.94. The zero-order chi connectivity index (χ0) is 25.9. The van der Waals surface area contributed by atoms with Crippen LogP contribution < -0.4 is 5.56 Å². The Bertz CT molecular complexity index is 1420. The lowest BCUT2D eigenvalue weighted by Crippen LogP contribution is -2.42. The molecule has 1 aliphatic rings. The standard InChI is InChI=1S/C32H36ClN3O/c1-4-6-23-8-10-26(11-9-23)31-34-30-17-14-27(25-12-15-28(33)16-13-25)19-29(30)32(37)36(31)21-24-7-5-18-35(20-24)22(2)3/h8-17,19,22,24H,4-7,18,20-21H2,1-3H3/t24-/m0/s1. The van der Waals surface area contributed by atoms with Gasteiger partial charge in [-0.05, 0) is 86.5 Å². The Balaban J connectivity index is 1.60. The molecule has 1 aliphatic heterocycles. The topological polar surface area (TPSA) is 38.1 Å². The van der Waals surface area contributed by atoms with Crippen LogP contribution in [0.2, 0.25) is 5.02 Å². The Kier molecular flexibility index (Phi) is 7.78. The molecule has 1 atom stereocenters. The minimum atomic E-state index is 0.0371. The van der Waals surface area contributed by atoms with Gasteiger partial charge in [-0.25, -0.2) is 4.98 Å². The van der Waals surface area contributed by atoms with Gasteiger partial charge in [-0.1, -0.05) is 67.4 Å². The van der Waals surface area contributed by atoms with Crippen LogP contribution in [0.25, 0.3) is 33.4 Å². The van der Waals surface area contributed by atoms with E-state index in [0.717, 1.165) is 60.4 Å². The van der Waals surface area contributed by atoms with E-state index in [4.69, 9.17) is 16.6 Å². The molecule has 0 amide bonds. The molecule has 0 radical (unpaired) electrons. The number of benzene rings is 3. The van der Waals surface area contributed by atoms with Gasteiger partial charge in [0.15, 0.2) is 0 Å². The van der Waals surface area contributed by atoms with Crippen molar-refractivity contribution >= 4 is 22.5 Å². The fourth-order valence-corrected chi connectivity index (χ4v) is 5.64. The fourth-order valence-electron chi connectivity index (χ4n) is 5.52. The lowest BCUT2D eigenvalue weighted by molar-refractivity contribution is 0.130. The van der Waals surface area contributed by atoms with Gasteiger partial charge in [-0.3, -0.25) is 9.36 Å². The summed E-state index contributed by atoms with van der Waals surface area (Å²) in [7, 11) is 0. The first-order valence-electron chi connectivity index (χ1n) is 13.6. The van der Waals surface area contributed by atoms with Crippen LogP contribution in [0.3, 0.4) is 0 Å². The molecule has 3 aromatic carbocycles. The van der Waals surface area contributed by atoms with Crippen LogP contribution in [0.5, 0.6) is 0 Å². The minimum absolute atomic E-state index is 0.0371. The second-order valence-electron chi connectivity index (χ2n) is 10.6. The molecule has 0 aliphatic carbocycles. The van der Waals surface area contributed by atoms with Crippen LogP contribution in [0, 0.1) is 5.92 Å². The molecule has 0 bridgehead atoms. The van der Waals surface area contributed by atoms with E-state index in [1.807, 2.05) is 47.0 Å². The number of likely N-dealkylation sites (tertiary alicyclic amines) is 1. The van der Waals surface area contributed by atoms with E-state index < -0.39 is 0 Å². The summed E-state index contributed by atoms with van der Waals surface area (Å²) in [4.78, 5) is 21.7. The molecule has 1 saturated heterocycles. The summed E-state index contributed by atoms with van der Waals surface area (Å²) in [6.45, 7) is 9.54. The van der Waals surface area contributed by atoms with E-state index in [1.54, 1.807) is 0 Å². The second kappa shape index (κ2) is 11.2. The quantitative estimate of drug-likeness (QED) is 0.257. The van der Waals surface area contributed by atoms with Crippen LogP contribution in [-0.2, 0) is 13.0 Å². The number of aryl methyl sites for hydroxylation is 1. The maximum atomic E-state index is 14.1. The van der Waals surface area contributed by atoms with Crippen LogP contribution in [0.1, 0.15) is 45.6 Å².